The number of rotatable bonds is 2. The summed E-state index contributed by atoms with van der Waals surface area (Å²) >= 11 is 0. The van der Waals surface area contributed by atoms with Gasteiger partial charge in [0.25, 0.3) is 0 Å². The van der Waals surface area contributed by atoms with Gasteiger partial charge in [0.15, 0.2) is 0 Å². The van der Waals surface area contributed by atoms with Gasteiger partial charge in [-0.15, -0.1) is 0 Å². The molecule has 0 unspecified atom stereocenters. The summed E-state index contributed by atoms with van der Waals surface area (Å²) in [6.45, 7) is 0. The molecule has 0 saturated heterocycles. The number of nitrogens with zero attached hydrogens (tertiary/aromatic N) is 1. The van der Waals surface area contributed by atoms with Crippen LogP contribution in [0, 0.1) is 11.3 Å². The van der Waals surface area contributed by atoms with Crippen LogP contribution in [0.3, 0.4) is 0 Å². The fraction of sp³-hybridized carbons (Fsp3) is 0.174. The first-order valence-electron chi connectivity index (χ1n) is 8.89. The molecule has 1 aliphatic carbocycles. The zero-order chi connectivity index (χ0) is 17.9. The van der Waals surface area contributed by atoms with Gasteiger partial charge >= 0.3 is 0 Å². The van der Waals surface area contributed by atoms with E-state index >= 15 is 0 Å². The molecular weight excluding hydrogens is 320 g/mol. The third-order valence-electron chi connectivity index (χ3n) is 4.98. The van der Waals surface area contributed by atoms with E-state index in [0.717, 1.165) is 47.3 Å². The van der Waals surface area contributed by atoms with Crippen molar-refractivity contribution in [2.45, 2.75) is 25.2 Å². The third-order valence-corrected chi connectivity index (χ3v) is 4.98. The second kappa shape index (κ2) is 6.93. The Hall–Kier alpha value is -3.25. The first kappa shape index (κ1) is 16.2. The normalized spacial score (nSPS) is 21.2. The number of hydrogen-bond acceptors (Lipinski definition) is 3. The van der Waals surface area contributed by atoms with Crippen molar-refractivity contribution >= 4 is 6.08 Å². The Bertz CT molecular complexity index is 947. The van der Waals surface area contributed by atoms with Gasteiger partial charge in [0, 0.05) is 5.92 Å². The van der Waals surface area contributed by atoms with Crippen LogP contribution in [-0.4, -0.2) is 0 Å². The standard InChI is InChI=1S/C23H20N2O/c24-15-20-21(17-10-5-2-6-11-17)19-13-7-12-18(22(19)26-23(20)25)14-16-8-3-1-4-9-16/h1-6,8-11,14,21H,7,12-13,25H2/b18-14+/t21-/m1/s1. The topological polar surface area (TPSA) is 59.0 Å². The maximum Gasteiger partial charge on any atom is 0.205 e. The molecular formula is C23H20N2O. The van der Waals surface area contributed by atoms with Crippen molar-refractivity contribution in [1.82, 2.24) is 0 Å². The molecule has 0 radical (unpaired) electrons. The molecule has 128 valence electrons. The van der Waals surface area contributed by atoms with Crippen molar-refractivity contribution in [2.24, 2.45) is 5.73 Å². The van der Waals surface area contributed by atoms with Gasteiger partial charge in [0.1, 0.15) is 17.4 Å². The summed E-state index contributed by atoms with van der Waals surface area (Å²) in [5.41, 5.74) is 11.2. The molecule has 0 saturated carbocycles. The van der Waals surface area contributed by atoms with Gasteiger partial charge in [-0.3, -0.25) is 0 Å². The Morgan fingerprint density at radius 3 is 2.38 bits per heavy atom. The molecule has 3 heteroatoms. The van der Waals surface area contributed by atoms with Gasteiger partial charge in [-0.2, -0.15) is 5.26 Å². The number of allylic oxidation sites excluding steroid dienone is 3. The Morgan fingerprint density at radius 1 is 1.00 bits per heavy atom. The number of ether oxygens (including phenoxy) is 1. The predicted molar refractivity (Wildman–Crippen MR) is 102 cm³/mol. The van der Waals surface area contributed by atoms with Crippen molar-refractivity contribution < 1.29 is 4.74 Å². The van der Waals surface area contributed by atoms with Crippen LogP contribution in [-0.2, 0) is 4.74 Å². The molecule has 0 aromatic heterocycles. The highest BCUT2D eigenvalue weighted by Gasteiger charge is 2.35. The van der Waals surface area contributed by atoms with Crippen LogP contribution in [0.15, 0.2) is 89.0 Å². The van der Waals surface area contributed by atoms with Crippen LogP contribution in [0.5, 0.6) is 0 Å². The van der Waals surface area contributed by atoms with Crippen LogP contribution in [0.1, 0.15) is 36.3 Å². The quantitative estimate of drug-likeness (QED) is 0.835. The first-order chi connectivity index (χ1) is 12.8. The predicted octanol–water partition coefficient (Wildman–Crippen LogP) is 5.02. The van der Waals surface area contributed by atoms with Gasteiger partial charge in [-0.25, -0.2) is 0 Å². The van der Waals surface area contributed by atoms with E-state index in [1.807, 2.05) is 36.4 Å². The summed E-state index contributed by atoms with van der Waals surface area (Å²) < 4.78 is 5.98. The second-order valence-corrected chi connectivity index (χ2v) is 6.62. The van der Waals surface area contributed by atoms with Crippen molar-refractivity contribution in [1.29, 1.82) is 5.26 Å². The summed E-state index contributed by atoms with van der Waals surface area (Å²) in [6.07, 6.45) is 5.08. The average Bonchev–Trinajstić information content (AvgIpc) is 2.69. The summed E-state index contributed by atoms with van der Waals surface area (Å²) in [6, 6.07) is 22.6. The summed E-state index contributed by atoms with van der Waals surface area (Å²) in [4.78, 5) is 0. The zero-order valence-electron chi connectivity index (χ0n) is 14.5. The molecule has 2 aliphatic rings. The number of nitriles is 1. The minimum absolute atomic E-state index is 0.121. The SMILES string of the molecule is N#CC1=C(N)OC2=C(CCC/C2=C\c2ccccc2)[C@H]1c1ccccc1. The molecule has 0 bridgehead atoms. The van der Waals surface area contributed by atoms with Crippen LogP contribution < -0.4 is 5.73 Å². The van der Waals surface area contributed by atoms with E-state index in [4.69, 9.17) is 10.5 Å². The van der Waals surface area contributed by atoms with Crippen LogP contribution in [0.2, 0.25) is 0 Å². The molecule has 3 nitrogen and oxygen atoms in total. The molecule has 2 aromatic rings. The van der Waals surface area contributed by atoms with Gasteiger partial charge in [0.2, 0.25) is 5.88 Å². The van der Waals surface area contributed by atoms with E-state index in [1.54, 1.807) is 0 Å². The molecule has 0 fully saturated rings. The lowest BCUT2D eigenvalue weighted by atomic mass is 9.77. The van der Waals surface area contributed by atoms with E-state index in [1.165, 1.54) is 0 Å². The van der Waals surface area contributed by atoms with Gasteiger partial charge in [-0.05, 0) is 47.6 Å². The Kier molecular flexibility index (Phi) is 4.33. The van der Waals surface area contributed by atoms with Gasteiger partial charge in [-0.1, -0.05) is 60.7 Å². The van der Waals surface area contributed by atoms with E-state index in [-0.39, 0.29) is 11.8 Å². The monoisotopic (exact) mass is 340 g/mol. The maximum absolute atomic E-state index is 9.68. The fourth-order valence-corrected chi connectivity index (χ4v) is 3.81. The highest BCUT2D eigenvalue weighted by Crippen LogP contribution is 2.46. The highest BCUT2D eigenvalue weighted by atomic mass is 16.5. The summed E-state index contributed by atoms with van der Waals surface area (Å²) in [7, 11) is 0. The molecule has 0 spiro atoms. The third kappa shape index (κ3) is 2.91. The van der Waals surface area contributed by atoms with E-state index < -0.39 is 0 Å². The van der Waals surface area contributed by atoms with Crippen LogP contribution in [0.25, 0.3) is 6.08 Å². The molecule has 1 heterocycles. The van der Waals surface area contributed by atoms with E-state index in [9.17, 15) is 5.26 Å². The summed E-state index contributed by atoms with van der Waals surface area (Å²) in [5.74, 6) is 0.954. The highest BCUT2D eigenvalue weighted by molar-refractivity contribution is 5.62. The zero-order valence-corrected chi connectivity index (χ0v) is 14.5. The lowest BCUT2D eigenvalue weighted by molar-refractivity contribution is 0.277. The van der Waals surface area contributed by atoms with Crippen molar-refractivity contribution in [3.05, 3.63) is 100 Å². The Morgan fingerprint density at radius 2 is 1.69 bits per heavy atom. The molecule has 2 N–H and O–H groups in total. The second-order valence-electron chi connectivity index (χ2n) is 6.62. The number of hydrogen-bond donors (Lipinski definition) is 1. The smallest absolute Gasteiger partial charge is 0.205 e. The fourth-order valence-electron chi connectivity index (χ4n) is 3.81. The number of nitrogens with two attached hydrogens (primary N) is 1. The molecule has 0 amide bonds. The molecule has 26 heavy (non-hydrogen) atoms. The molecule has 1 atom stereocenters. The molecule has 4 rings (SSSR count). The minimum Gasteiger partial charge on any atom is -0.440 e. The van der Waals surface area contributed by atoms with Crippen molar-refractivity contribution in [3.63, 3.8) is 0 Å². The maximum atomic E-state index is 9.68. The Labute approximate surface area is 153 Å². The van der Waals surface area contributed by atoms with E-state index in [2.05, 4.69) is 36.4 Å². The lowest BCUT2D eigenvalue weighted by Crippen LogP contribution is -2.23. The number of benzene rings is 2. The minimum atomic E-state index is -0.121. The van der Waals surface area contributed by atoms with Crippen LogP contribution >= 0.6 is 0 Å². The Balaban J connectivity index is 1.84. The van der Waals surface area contributed by atoms with E-state index in [0.29, 0.717) is 5.57 Å². The molecule has 2 aromatic carbocycles. The van der Waals surface area contributed by atoms with Crippen LogP contribution in [0.4, 0.5) is 0 Å². The van der Waals surface area contributed by atoms with Crippen molar-refractivity contribution in [2.75, 3.05) is 0 Å². The van der Waals surface area contributed by atoms with Crippen molar-refractivity contribution in [3.8, 4) is 6.07 Å². The largest absolute Gasteiger partial charge is 0.440 e. The average molecular weight is 340 g/mol. The van der Waals surface area contributed by atoms with Gasteiger partial charge < -0.3 is 10.5 Å². The van der Waals surface area contributed by atoms with Gasteiger partial charge in [0.05, 0.1) is 0 Å². The summed E-state index contributed by atoms with van der Waals surface area (Å²) in [5, 5.41) is 9.68. The molecule has 1 aliphatic heterocycles. The lowest BCUT2D eigenvalue weighted by Gasteiger charge is -2.33. The first-order valence-corrected chi connectivity index (χ1v) is 8.89.